The van der Waals surface area contributed by atoms with Gasteiger partial charge in [0, 0.05) is 24.3 Å². The van der Waals surface area contributed by atoms with Gasteiger partial charge in [-0.2, -0.15) is 13.2 Å². The summed E-state index contributed by atoms with van der Waals surface area (Å²) in [6, 6.07) is 4.92. The smallest absolute Gasteiger partial charge is 0.416 e. The van der Waals surface area contributed by atoms with Crippen LogP contribution >= 0.6 is 0 Å². The number of alkyl halides is 3. The molecule has 7 heteroatoms. The molecule has 0 saturated carbocycles. The van der Waals surface area contributed by atoms with Crippen molar-refractivity contribution in [2.24, 2.45) is 0 Å². The van der Waals surface area contributed by atoms with Gasteiger partial charge in [-0.3, -0.25) is 4.90 Å². The van der Waals surface area contributed by atoms with E-state index < -0.39 is 23.4 Å². The molecule has 0 aromatic heterocycles. The number of hydrogen-bond acceptors (Lipinski definition) is 2. The van der Waals surface area contributed by atoms with Crippen LogP contribution in [0.4, 0.5) is 23.7 Å². The molecule has 4 nitrogen and oxygen atoms in total. The number of rotatable bonds is 2. The van der Waals surface area contributed by atoms with Crippen molar-refractivity contribution in [3.05, 3.63) is 29.8 Å². The maximum atomic E-state index is 12.8. The summed E-state index contributed by atoms with van der Waals surface area (Å²) in [6.45, 7) is 6.37. The highest BCUT2D eigenvalue weighted by molar-refractivity contribution is 5.67. The minimum absolute atomic E-state index is 0.234. The number of anilines is 1. The van der Waals surface area contributed by atoms with Gasteiger partial charge in [0.25, 0.3) is 0 Å². The summed E-state index contributed by atoms with van der Waals surface area (Å²) in [7, 11) is 0. The first-order valence-electron chi connectivity index (χ1n) is 7.44. The molecule has 1 N–H and O–H groups in total. The Kier molecular flexibility index (Phi) is 4.50. The van der Waals surface area contributed by atoms with E-state index in [4.69, 9.17) is 0 Å². The summed E-state index contributed by atoms with van der Waals surface area (Å²) in [6.07, 6.45) is -4.79. The summed E-state index contributed by atoms with van der Waals surface area (Å²) in [4.78, 5) is 14.7. The van der Waals surface area contributed by atoms with Crippen molar-refractivity contribution in [3.63, 3.8) is 0 Å². The fraction of sp³-hybridized carbons (Fsp3) is 0.562. The van der Waals surface area contributed by atoms with Crippen LogP contribution in [0.3, 0.4) is 0 Å². The molecule has 1 aliphatic heterocycles. The summed E-state index contributed by atoms with van der Waals surface area (Å²) >= 11 is 0. The molecular weight excluding hydrogens is 309 g/mol. The van der Waals surface area contributed by atoms with E-state index in [2.05, 4.69) is 0 Å². The van der Waals surface area contributed by atoms with Crippen molar-refractivity contribution >= 4 is 11.8 Å². The molecule has 1 heterocycles. The molecule has 1 amide bonds. The van der Waals surface area contributed by atoms with Crippen LogP contribution in [0.1, 0.15) is 32.8 Å². The zero-order valence-electron chi connectivity index (χ0n) is 13.4. The molecule has 2 rings (SSSR count). The van der Waals surface area contributed by atoms with Crippen LogP contribution in [0.15, 0.2) is 24.3 Å². The van der Waals surface area contributed by atoms with Gasteiger partial charge >= 0.3 is 12.3 Å². The molecule has 1 aliphatic rings. The Morgan fingerprint density at radius 2 is 1.96 bits per heavy atom. The van der Waals surface area contributed by atoms with Gasteiger partial charge in [0.15, 0.2) is 0 Å². The predicted octanol–water partition coefficient (Wildman–Crippen LogP) is 4.06. The minimum Gasteiger partial charge on any atom is -0.465 e. The lowest BCUT2D eigenvalue weighted by Gasteiger charge is -2.38. The zero-order valence-corrected chi connectivity index (χ0v) is 13.4. The molecule has 0 bridgehead atoms. The summed E-state index contributed by atoms with van der Waals surface area (Å²) in [5.41, 5.74) is -0.772. The van der Waals surface area contributed by atoms with Crippen LogP contribution < -0.4 is 4.90 Å². The number of carboxylic acid groups (broad SMARTS) is 1. The van der Waals surface area contributed by atoms with E-state index in [1.165, 1.54) is 11.0 Å². The molecule has 0 aliphatic carbocycles. The summed E-state index contributed by atoms with van der Waals surface area (Å²) in [5, 5.41) is 9.44. The monoisotopic (exact) mass is 330 g/mol. The molecule has 128 valence electrons. The fourth-order valence-corrected chi connectivity index (χ4v) is 3.06. The lowest BCUT2D eigenvalue weighted by atomic mass is 10.0. The van der Waals surface area contributed by atoms with Gasteiger partial charge in [-0.15, -0.1) is 0 Å². The van der Waals surface area contributed by atoms with Gasteiger partial charge in [-0.25, -0.2) is 4.79 Å². The third-order valence-corrected chi connectivity index (χ3v) is 4.00. The average Bonchev–Trinajstić information content (AvgIpc) is 2.85. The van der Waals surface area contributed by atoms with E-state index in [0.717, 1.165) is 12.1 Å². The second-order valence-corrected chi connectivity index (χ2v) is 6.76. The molecule has 0 radical (unpaired) electrons. The first-order chi connectivity index (χ1) is 10.5. The van der Waals surface area contributed by atoms with E-state index >= 15 is 0 Å². The molecule has 1 atom stereocenters. The van der Waals surface area contributed by atoms with E-state index in [1.54, 1.807) is 6.07 Å². The number of hydrogen-bond donors (Lipinski definition) is 1. The zero-order chi connectivity index (χ0) is 17.4. The quantitative estimate of drug-likeness (QED) is 0.889. The summed E-state index contributed by atoms with van der Waals surface area (Å²) < 4.78 is 38.5. The standard InChI is InChI=1S/C16H21F3N2O2/c1-15(2,3)21(14(22)23)13-7-8-20(10-13)12-6-4-5-11(9-12)16(17,18)19/h4-6,9,13H,7-8,10H2,1-3H3,(H,22,23). The van der Waals surface area contributed by atoms with Crippen LogP contribution in [0, 0.1) is 0 Å². The number of nitrogens with zero attached hydrogens (tertiary/aromatic N) is 2. The Hall–Kier alpha value is -1.92. The van der Waals surface area contributed by atoms with Crippen molar-refractivity contribution in [1.82, 2.24) is 4.90 Å². The lowest BCUT2D eigenvalue weighted by Crippen LogP contribution is -2.52. The number of carbonyl (C=O) groups is 1. The van der Waals surface area contributed by atoms with Gasteiger partial charge in [0.05, 0.1) is 11.6 Å². The molecule has 1 unspecified atom stereocenters. The predicted molar refractivity (Wildman–Crippen MR) is 81.7 cm³/mol. The van der Waals surface area contributed by atoms with Crippen molar-refractivity contribution in [1.29, 1.82) is 0 Å². The first-order valence-corrected chi connectivity index (χ1v) is 7.44. The van der Waals surface area contributed by atoms with E-state index in [0.29, 0.717) is 25.2 Å². The maximum absolute atomic E-state index is 12.8. The van der Waals surface area contributed by atoms with E-state index in [9.17, 15) is 23.1 Å². The van der Waals surface area contributed by atoms with Gasteiger partial charge in [-0.05, 0) is 45.4 Å². The van der Waals surface area contributed by atoms with Crippen LogP contribution in [0.25, 0.3) is 0 Å². The third kappa shape index (κ3) is 3.89. The highest BCUT2D eigenvalue weighted by Crippen LogP contribution is 2.33. The first kappa shape index (κ1) is 17.4. The van der Waals surface area contributed by atoms with Gasteiger partial charge < -0.3 is 10.0 Å². The number of halogens is 3. The number of amides is 1. The Morgan fingerprint density at radius 3 is 2.48 bits per heavy atom. The Morgan fingerprint density at radius 1 is 1.30 bits per heavy atom. The molecule has 1 aromatic carbocycles. The molecule has 1 fully saturated rings. The van der Waals surface area contributed by atoms with Gasteiger partial charge in [0.2, 0.25) is 0 Å². The van der Waals surface area contributed by atoms with Crippen molar-refractivity contribution in [2.75, 3.05) is 18.0 Å². The van der Waals surface area contributed by atoms with Crippen molar-refractivity contribution in [3.8, 4) is 0 Å². The second-order valence-electron chi connectivity index (χ2n) is 6.76. The molecule has 1 saturated heterocycles. The SMILES string of the molecule is CC(C)(C)N(C(=O)O)C1CCN(c2cccc(C(F)(F)F)c2)C1. The number of benzene rings is 1. The molecule has 0 spiro atoms. The molecule has 1 aromatic rings. The Labute approximate surface area is 133 Å². The van der Waals surface area contributed by atoms with Crippen LogP contribution in [0.5, 0.6) is 0 Å². The maximum Gasteiger partial charge on any atom is 0.416 e. The highest BCUT2D eigenvalue weighted by Gasteiger charge is 2.38. The van der Waals surface area contributed by atoms with Gasteiger partial charge in [0.1, 0.15) is 0 Å². The average molecular weight is 330 g/mol. The van der Waals surface area contributed by atoms with Crippen LogP contribution in [-0.2, 0) is 6.18 Å². The Bertz CT molecular complexity index is 581. The molecule has 23 heavy (non-hydrogen) atoms. The highest BCUT2D eigenvalue weighted by atomic mass is 19.4. The largest absolute Gasteiger partial charge is 0.465 e. The lowest BCUT2D eigenvalue weighted by molar-refractivity contribution is -0.137. The van der Waals surface area contributed by atoms with Crippen molar-refractivity contribution in [2.45, 2.75) is 44.9 Å². The molecular formula is C16H21F3N2O2. The van der Waals surface area contributed by atoms with E-state index in [-0.39, 0.29) is 6.04 Å². The normalized spacial score (nSPS) is 19.0. The summed E-state index contributed by atoms with van der Waals surface area (Å²) in [5.74, 6) is 0. The second kappa shape index (κ2) is 5.94. The minimum atomic E-state index is -4.38. The van der Waals surface area contributed by atoms with Crippen LogP contribution in [-0.4, -0.2) is 40.8 Å². The fourth-order valence-electron chi connectivity index (χ4n) is 3.06. The Balaban J connectivity index is 2.18. The van der Waals surface area contributed by atoms with E-state index in [1.807, 2.05) is 25.7 Å². The van der Waals surface area contributed by atoms with Crippen LogP contribution in [0.2, 0.25) is 0 Å². The topological polar surface area (TPSA) is 43.8 Å². The van der Waals surface area contributed by atoms with Gasteiger partial charge in [-0.1, -0.05) is 6.07 Å². The van der Waals surface area contributed by atoms with Crippen molar-refractivity contribution < 1.29 is 23.1 Å². The third-order valence-electron chi connectivity index (χ3n) is 4.00.